The molecule has 1 N–H and O–H groups in total. The molecule has 1 aromatic carbocycles. The summed E-state index contributed by atoms with van der Waals surface area (Å²) in [6.07, 6.45) is 4.08. The fourth-order valence-electron chi connectivity index (χ4n) is 1.52. The van der Waals surface area contributed by atoms with Crippen LogP contribution in [0.4, 0.5) is 0 Å². The molecule has 0 aliphatic heterocycles. The van der Waals surface area contributed by atoms with E-state index in [2.05, 4.69) is 25.2 Å². The Balaban J connectivity index is 2.68. The van der Waals surface area contributed by atoms with Crippen LogP contribution in [0.25, 0.3) is 6.08 Å². The monoisotopic (exact) mass is 260 g/mol. The van der Waals surface area contributed by atoms with Gasteiger partial charge in [-0.2, -0.15) is 5.26 Å². The van der Waals surface area contributed by atoms with Crippen molar-refractivity contribution < 1.29 is 9.47 Å². The number of hydrogen-bond donors (Lipinski definition) is 1. The normalized spacial score (nSPS) is 10.7. The van der Waals surface area contributed by atoms with Gasteiger partial charge in [0.25, 0.3) is 0 Å². The number of ether oxygens (including phenoxy) is 2. The molecule has 0 amide bonds. The highest BCUT2D eigenvalue weighted by atomic mass is 16.5. The molecule has 0 saturated carbocycles. The Bertz CT molecular complexity index is 462. The van der Waals surface area contributed by atoms with Crippen LogP contribution in [0.15, 0.2) is 24.3 Å². The zero-order valence-electron chi connectivity index (χ0n) is 11.6. The van der Waals surface area contributed by atoms with E-state index in [1.54, 1.807) is 7.11 Å². The van der Waals surface area contributed by atoms with Gasteiger partial charge >= 0.3 is 0 Å². The first kappa shape index (κ1) is 15.1. The maximum Gasteiger partial charge on any atom is 0.174 e. The number of hydrogen-bond acceptors (Lipinski definition) is 4. The first-order valence-corrected chi connectivity index (χ1v) is 6.25. The molecule has 102 valence electrons. The van der Waals surface area contributed by atoms with Gasteiger partial charge in [0.1, 0.15) is 6.07 Å². The standard InChI is InChI=1S/C15H20N2O2/c1-12(2)17-9-4-5-13-6-7-14(19-10-8-16)15(11-13)18-3/h4-7,11-12,17H,9-10H2,1-3H3. The van der Waals surface area contributed by atoms with Crippen molar-refractivity contribution in [3.05, 3.63) is 29.8 Å². The van der Waals surface area contributed by atoms with Gasteiger partial charge in [0.15, 0.2) is 18.1 Å². The predicted octanol–water partition coefficient (Wildman–Crippen LogP) is 2.61. The number of benzene rings is 1. The number of nitrogens with one attached hydrogen (secondary N) is 1. The van der Waals surface area contributed by atoms with Crippen LogP contribution in [0, 0.1) is 11.3 Å². The molecule has 0 saturated heterocycles. The first-order valence-electron chi connectivity index (χ1n) is 6.25. The fourth-order valence-corrected chi connectivity index (χ4v) is 1.52. The van der Waals surface area contributed by atoms with Gasteiger partial charge in [0.05, 0.1) is 7.11 Å². The van der Waals surface area contributed by atoms with E-state index in [1.807, 2.05) is 30.3 Å². The molecule has 0 unspecified atom stereocenters. The lowest BCUT2D eigenvalue weighted by atomic mass is 10.2. The quantitative estimate of drug-likeness (QED) is 0.818. The predicted molar refractivity (Wildman–Crippen MR) is 76.3 cm³/mol. The van der Waals surface area contributed by atoms with Crippen molar-refractivity contribution in [1.29, 1.82) is 5.26 Å². The Labute approximate surface area is 114 Å². The van der Waals surface area contributed by atoms with Crippen LogP contribution in [0.1, 0.15) is 19.4 Å². The summed E-state index contributed by atoms with van der Waals surface area (Å²) in [5, 5.41) is 11.8. The summed E-state index contributed by atoms with van der Waals surface area (Å²) in [5.74, 6) is 1.22. The third kappa shape index (κ3) is 5.45. The van der Waals surface area contributed by atoms with Gasteiger partial charge in [-0.1, -0.05) is 32.1 Å². The smallest absolute Gasteiger partial charge is 0.174 e. The highest BCUT2D eigenvalue weighted by molar-refractivity contribution is 5.56. The second-order valence-electron chi connectivity index (χ2n) is 4.32. The van der Waals surface area contributed by atoms with Crippen molar-refractivity contribution >= 4 is 6.08 Å². The summed E-state index contributed by atoms with van der Waals surface area (Å²) in [6.45, 7) is 5.06. The number of nitriles is 1. The zero-order valence-corrected chi connectivity index (χ0v) is 11.6. The van der Waals surface area contributed by atoms with Crippen molar-refractivity contribution in [3.63, 3.8) is 0 Å². The molecule has 19 heavy (non-hydrogen) atoms. The Morgan fingerprint density at radius 1 is 1.37 bits per heavy atom. The van der Waals surface area contributed by atoms with Gasteiger partial charge in [-0.05, 0) is 17.7 Å². The topological polar surface area (TPSA) is 54.3 Å². The average Bonchev–Trinajstić information content (AvgIpc) is 2.41. The van der Waals surface area contributed by atoms with Crippen LogP contribution in [0.3, 0.4) is 0 Å². The Hall–Kier alpha value is -1.99. The maximum absolute atomic E-state index is 8.50. The van der Waals surface area contributed by atoms with Crippen LogP contribution in [0.5, 0.6) is 11.5 Å². The molecule has 0 atom stereocenters. The Kier molecular flexibility index (Phi) is 6.48. The van der Waals surface area contributed by atoms with Crippen LogP contribution >= 0.6 is 0 Å². The van der Waals surface area contributed by atoms with E-state index in [0.29, 0.717) is 17.5 Å². The summed E-state index contributed by atoms with van der Waals surface area (Å²) in [5.41, 5.74) is 1.03. The molecule has 4 nitrogen and oxygen atoms in total. The lowest BCUT2D eigenvalue weighted by Gasteiger charge is -2.09. The SMILES string of the molecule is COc1cc(C=CCNC(C)C)ccc1OCC#N. The summed E-state index contributed by atoms with van der Waals surface area (Å²) in [4.78, 5) is 0. The third-order valence-electron chi connectivity index (χ3n) is 2.43. The molecule has 1 rings (SSSR count). The molecule has 0 heterocycles. The zero-order chi connectivity index (χ0) is 14.1. The van der Waals surface area contributed by atoms with E-state index in [0.717, 1.165) is 12.1 Å². The fraction of sp³-hybridized carbons (Fsp3) is 0.400. The minimum Gasteiger partial charge on any atom is -0.493 e. The second-order valence-corrected chi connectivity index (χ2v) is 4.32. The molecule has 0 aliphatic rings. The summed E-state index contributed by atoms with van der Waals surface area (Å²) >= 11 is 0. The molecule has 0 aromatic heterocycles. The molecular weight excluding hydrogens is 240 g/mol. The second kappa shape index (κ2) is 8.17. The molecular formula is C15H20N2O2. The first-order chi connectivity index (χ1) is 9.17. The molecule has 0 bridgehead atoms. The van der Waals surface area contributed by atoms with E-state index in [-0.39, 0.29) is 6.61 Å². The lowest BCUT2D eigenvalue weighted by molar-refractivity contribution is 0.329. The third-order valence-corrected chi connectivity index (χ3v) is 2.43. The minimum absolute atomic E-state index is 0.0177. The van der Waals surface area contributed by atoms with Gasteiger partial charge in [-0.25, -0.2) is 0 Å². The van der Waals surface area contributed by atoms with Gasteiger partial charge in [-0.3, -0.25) is 0 Å². The molecule has 0 radical (unpaired) electrons. The summed E-state index contributed by atoms with van der Waals surface area (Å²) < 4.78 is 10.5. The number of rotatable bonds is 7. The van der Waals surface area contributed by atoms with Crippen molar-refractivity contribution in [2.75, 3.05) is 20.3 Å². The molecule has 0 fully saturated rings. The maximum atomic E-state index is 8.50. The van der Waals surface area contributed by atoms with Gasteiger partial charge in [0.2, 0.25) is 0 Å². The molecule has 1 aromatic rings. The highest BCUT2D eigenvalue weighted by Gasteiger charge is 2.04. The van der Waals surface area contributed by atoms with Gasteiger partial charge < -0.3 is 14.8 Å². The van der Waals surface area contributed by atoms with Crippen LogP contribution < -0.4 is 14.8 Å². The van der Waals surface area contributed by atoms with Crippen molar-refractivity contribution in [3.8, 4) is 17.6 Å². The van der Waals surface area contributed by atoms with Crippen LogP contribution in [-0.2, 0) is 0 Å². The minimum atomic E-state index is 0.0177. The summed E-state index contributed by atoms with van der Waals surface area (Å²) in [6, 6.07) is 8.04. The van der Waals surface area contributed by atoms with E-state index >= 15 is 0 Å². The molecule has 4 heteroatoms. The van der Waals surface area contributed by atoms with Gasteiger partial charge in [0, 0.05) is 12.6 Å². The lowest BCUT2D eigenvalue weighted by Crippen LogP contribution is -2.22. The van der Waals surface area contributed by atoms with Crippen molar-refractivity contribution in [1.82, 2.24) is 5.32 Å². The van der Waals surface area contributed by atoms with Crippen LogP contribution in [-0.4, -0.2) is 26.3 Å². The van der Waals surface area contributed by atoms with Crippen molar-refractivity contribution in [2.24, 2.45) is 0 Å². The number of nitrogens with zero attached hydrogens (tertiary/aromatic N) is 1. The summed E-state index contributed by atoms with van der Waals surface area (Å²) in [7, 11) is 1.59. The van der Waals surface area contributed by atoms with Gasteiger partial charge in [-0.15, -0.1) is 0 Å². The largest absolute Gasteiger partial charge is 0.493 e. The molecule has 0 spiro atoms. The van der Waals surface area contributed by atoms with Crippen molar-refractivity contribution in [2.45, 2.75) is 19.9 Å². The van der Waals surface area contributed by atoms with E-state index in [4.69, 9.17) is 14.7 Å². The van der Waals surface area contributed by atoms with E-state index in [1.165, 1.54) is 0 Å². The number of methoxy groups -OCH3 is 1. The average molecular weight is 260 g/mol. The Morgan fingerprint density at radius 3 is 2.79 bits per heavy atom. The van der Waals surface area contributed by atoms with E-state index < -0.39 is 0 Å². The highest BCUT2D eigenvalue weighted by Crippen LogP contribution is 2.28. The Morgan fingerprint density at radius 2 is 2.16 bits per heavy atom. The van der Waals surface area contributed by atoms with Crippen LogP contribution in [0.2, 0.25) is 0 Å². The van der Waals surface area contributed by atoms with E-state index in [9.17, 15) is 0 Å². The molecule has 0 aliphatic carbocycles.